The number of sulfonamides is 1. The van der Waals surface area contributed by atoms with Gasteiger partial charge >= 0.3 is 0 Å². The van der Waals surface area contributed by atoms with Gasteiger partial charge in [-0.3, -0.25) is 0 Å². The molecular weight excluding hydrogens is 280 g/mol. The van der Waals surface area contributed by atoms with Crippen LogP contribution >= 0.6 is 0 Å². The average Bonchev–Trinajstić information content (AvgIpc) is 2.35. The summed E-state index contributed by atoms with van der Waals surface area (Å²) >= 11 is 0. The molecule has 0 saturated heterocycles. The van der Waals surface area contributed by atoms with E-state index < -0.39 is 45.3 Å². The summed E-state index contributed by atoms with van der Waals surface area (Å²) in [5.74, 6) is -2.14. The van der Waals surface area contributed by atoms with Crippen LogP contribution in [0.15, 0.2) is 23.1 Å². The van der Waals surface area contributed by atoms with Crippen molar-refractivity contribution in [1.82, 2.24) is 4.72 Å². The van der Waals surface area contributed by atoms with E-state index in [4.69, 9.17) is 10.2 Å². The topological polar surface area (TPSA) is 86.6 Å². The van der Waals surface area contributed by atoms with Crippen molar-refractivity contribution in [2.24, 2.45) is 0 Å². The highest BCUT2D eigenvalue weighted by Gasteiger charge is 2.33. The zero-order chi connectivity index (χ0) is 14.7. The number of nitrogens with one attached hydrogen (secondary N) is 1. The molecule has 8 heteroatoms. The molecular formula is C11H15F2NO4S. The minimum atomic E-state index is -4.31. The van der Waals surface area contributed by atoms with Crippen LogP contribution in [-0.2, 0) is 10.0 Å². The SMILES string of the molecule is CCC(CO)(CO)NS(=O)(=O)c1ccc(F)cc1F. The van der Waals surface area contributed by atoms with Crippen molar-refractivity contribution < 1.29 is 27.4 Å². The lowest BCUT2D eigenvalue weighted by Crippen LogP contribution is -2.53. The molecule has 0 amide bonds. The molecule has 1 rings (SSSR count). The van der Waals surface area contributed by atoms with Crippen LogP contribution in [0.5, 0.6) is 0 Å². The van der Waals surface area contributed by atoms with Gasteiger partial charge in [-0.1, -0.05) is 6.92 Å². The van der Waals surface area contributed by atoms with Crippen molar-refractivity contribution in [2.75, 3.05) is 13.2 Å². The van der Waals surface area contributed by atoms with Crippen LogP contribution in [0.3, 0.4) is 0 Å². The lowest BCUT2D eigenvalue weighted by Gasteiger charge is -2.29. The lowest BCUT2D eigenvalue weighted by molar-refractivity contribution is 0.105. The smallest absolute Gasteiger partial charge is 0.244 e. The van der Waals surface area contributed by atoms with Crippen molar-refractivity contribution in [1.29, 1.82) is 0 Å². The Hall–Kier alpha value is -1.09. The van der Waals surface area contributed by atoms with Crippen molar-refractivity contribution in [3.63, 3.8) is 0 Å². The predicted molar refractivity (Wildman–Crippen MR) is 63.9 cm³/mol. The summed E-state index contributed by atoms with van der Waals surface area (Å²) in [4.78, 5) is -0.742. The van der Waals surface area contributed by atoms with Gasteiger partial charge in [-0.2, -0.15) is 0 Å². The van der Waals surface area contributed by atoms with Crippen molar-refractivity contribution in [3.8, 4) is 0 Å². The minimum Gasteiger partial charge on any atom is -0.394 e. The molecule has 0 aromatic heterocycles. The predicted octanol–water partition coefficient (Wildman–Crippen LogP) is 0.376. The first-order valence-corrected chi connectivity index (χ1v) is 6.99. The van der Waals surface area contributed by atoms with E-state index in [0.717, 1.165) is 12.1 Å². The Labute approximate surface area is 109 Å². The molecule has 0 aliphatic carbocycles. The third-order valence-electron chi connectivity index (χ3n) is 2.82. The van der Waals surface area contributed by atoms with E-state index in [-0.39, 0.29) is 6.42 Å². The van der Waals surface area contributed by atoms with Gasteiger partial charge in [0, 0.05) is 6.07 Å². The molecule has 108 valence electrons. The molecule has 0 atom stereocenters. The molecule has 0 spiro atoms. The molecule has 1 aromatic carbocycles. The molecule has 0 heterocycles. The van der Waals surface area contributed by atoms with E-state index in [9.17, 15) is 17.2 Å². The van der Waals surface area contributed by atoms with Crippen LogP contribution in [0, 0.1) is 11.6 Å². The highest BCUT2D eigenvalue weighted by atomic mass is 32.2. The fraction of sp³-hybridized carbons (Fsp3) is 0.455. The average molecular weight is 295 g/mol. The van der Waals surface area contributed by atoms with Crippen LogP contribution < -0.4 is 4.72 Å². The molecule has 0 aliphatic rings. The fourth-order valence-electron chi connectivity index (χ4n) is 1.44. The second kappa shape index (κ2) is 5.91. The van der Waals surface area contributed by atoms with Gasteiger partial charge in [0.15, 0.2) is 0 Å². The molecule has 5 nitrogen and oxygen atoms in total. The molecule has 0 radical (unpaired) electrons. The number of aliphatic hydroxyl groups is 2. The third kappa shape index (κ3) is 3.47. The van der Waals surface area contributed by atoms with Gasteiger partial charge in [-0.25, -0.2) is 21.9 Å². The minimum absolute atomic E-state index is 0.0992. The normalized spacial score (nSPS) is 12.7. The summed E-state index contributed by atoms with van der Waals surface area (Å²) in [7, 11) is -4.31. The fourth-order valence-corrected chi connectivity index (χ4v) is 2.96. The molecule has 0 saturated carbocycles. The monoisotopic (exact) mass is 295 g/mol. The van der Waals surface area contributed by atoms with Gasteiger partial charge < -0.3 is 10.2 Å². The van der Waals surface area contributed by atoms with Crippen molar-refractivity contribution in [3.05, 3.63) is 29.8 Å². The second-order valence-electron chi connectivity index (χ2n) is 4.13. The van der Waals surface area contributed by atoms with E-state index in [1.807, 2.05) is 4.72 Å². The van der Waals surface area contributed by atoms with Crippen LogP contribution in [0.25, 0.3) is 0 Å². The number of rotatable bonds is 6. The number of halogens is 2. The number of aliphatic hydroxyl groups excluding tert-OH is 2. The molecule has 19 heavy (non-hydrogen) atoms. The molecule has 0 aliphatic heterocycles. The molecule has 0 unspecified atom stereocenters. The Bertz CT molecular complexity index is 535. The molecule has 1 aromatic rings. The van der Waals surface area contributed by atoms with Crippen LogP contribution in [0.1, 0.15) is 13.3 Å². The van der Waals surface area contributed by atoms with Gasteiger partial charge in [0.05, 0.1) is 18.8 Å². The zero-order valence-corrected chi connectivity index (χ0v) is 11.0. The maximum absolute atomic E-state index is 13.4. The maximum atomic E-state index is 13.4. The van der Waals surface area contributed by atoms with E-state index in [1.165, 1.54) is 0 Å². The second-order valence-corrected chi connectivity index (χ2v) is 5.78. The first-order chi connectivity index (χ1) is 8.80. The molecule has 0 bridgehead atoms. The molecule has 3 N–H and O–H groups in total. The Morgan fingerprint density at radius 1 is 1.26 bits per heavy atom. The van der Waals surface area contributed by atoms with E-state index in [2.05, 4.69) is 0 Å². The van der Waals surface area contributed by atoms with Crippen LogP contribution in [0.2, 0.25) is 0 Å². The third-order valence-corrected chi connectivity index (χ3v) is 4.43. The Kier molecular flexibility index (Phi) is 4.97. The van der Waals surface area contributed by atoms with Crippen LogP contribution in [0.4, 0.5) is 8.78 Å². The van der Waals surface area contributed by atoms with Gasteiger partial charge in [0.1, 0.15) is 16.5 Å². The standard InChI is InChI=1S/C11H15F2NO4S/c1-2-11(6-15,7-16)14-19(17,18)10-4-3-8(12)5-9(10)13/h3-5,14-16H,2,6-7H2,1H3. The highest BCUT2D eigenvalue weighted by Crippen LogP contribution is 2.19. The maximum Gasteiger partial charge on any atom is 0.244 e. The van der Waals surface area contributed by atoms with E-state index >= 15 is 0 Å². The van der Waals surface area contributed by atoms with Gasteiger partial charge in [0.2, 0.25) is 10.0 Å². The van der Waals surface area contributed by atoms with Gasteiger partial charge in [0.25, 0.3) is 0 Å². The zero-order valence-electron chi connectivity index (χ0n) is 10.2. The lowest BCUT2D eigenvalue weighted by atomic mass is 10.0. The summed E-state index contributed by atoms with van der Waals surface area (Å²) in [6, 6.07) is 2.03. The van der Waals surface area contributed by atoms with Crippen molar-refractivity contribution in [2.45, 2.75) is 23.8 Å². The number of hydrogen-bond acceptors (Lipinski definition) is 4. The van der Waals surface area contributed by atoms with Crippen LogP contribution in [-0.4, -0.2) is 37.4 Å². The summed E-state index contributed by atoms with van der Waals surface area (Å²) in [5.41, 5.74) is -1.49. The number of hydrogen-bond donors (Lipinski definition) is 3. The van der Waals surface area contributed by atoms with E-state index in [1.54, 1.807) is 6.92 Å². The first kappa shape index (κ1) is 16.0. The quantitative estimate of drug-likeness (QED) is 0.708. The highest BCUT2D eigenvalue weighted by molar-refractivity contribution is 7.89. The first-order valence-electron chi connectivity index (χ1n) is 5.51. The summed E-state index contributed by atoms with van der Waals surface area (Å²) in [6.45, 7) is 0.250. The number of benzene rings is 1. The van der Waals surface area contributed by atoms with Gasteiger partial charge in [-0.15, -0.1) is 0 Å². The molecule has 0 fully saturated rings. The largest absolute Gasteiger partial charge is 0.394 e. The Balaban J connectivity index is 3.17. The van der Waals surface area contributed by atoms with Gasteiger partial charge in [-0.05, 0) is 18.6 Å². The summed E-state index contributed by atoms with van der Waals surface area (Å²) in [5, 5.41) is 18.3. The summed E-state index contributed by atoms with van der Waals surface area (Å²) < 4.78 is 52.1. The Morgan fingerprint density at radius 2 is 1.84 bits per heavy atom. The van der Waals surface area contributed by atoms with Crippen molar-refractivity contribution >= 4 is 10.0 Å². The summed E-state index contributed by atoms with van der Waals surface area (Å²) in [6.07, 6.45) is 0.0992. The van der Waals surface area contributed by atoms with E-state index in [0.29, 0.717) is 6.07 Å². The Morgan fingerprint density at radius 3 is 2.26 bits per heavy atom.